The Morgan fingerprint density at radius 1 is 0.980 bits per heavy atom. The van der Waals surface area contributed by atoms with Crippen molar-refractivity contribution < 1.29 is 40.7 Å². The zero-order chi connectivity index (χ0) is 36.8. The second kappa shape index (κ2) is 16.8. The van der Waals surface area contributed by atoms with E-state index in [9.17, 15) is 35.9 Å². The van der Waals surface area contributed by atoms with Crippen LogP contribution in [-0.4, -0.2) is 38.0 Å². The summed E-state index contributed by atoms with van der Waals surface area (Å²) in [6.45, 7) is 3.19. The summed E-state index contributed by atoms with van der Waals surface area (Å²) in [5.74, 6) is -2.69. The average molecular weight is 776 g/mol. The van der Waals surface area contributed by atoms with Crippen LogP contribution in [0.3, 0.4) is 0 Å². The molecule has 266 valence electrons. The summed E-state index contributed by atoms with van der Waals surface area (Å²) in [7, 11) is 2.70. The normalized spacial score (nSPS) is 12.0. The lowest BCUT2D eigenvalue weighted by Gasteiger charge is -2.16. The second-order valence-electron chi connectivity index (χ2n) is 10.3. The van der Waals surface area contributed by atoms with Gasteiger partial charge in [0.1, 0.15) is 17.1 Å². The van der Waals surface area contributed by atoms with Crippen LogP contribution in [0.2, 0.25) is 20.1 Å². The molecule has 2 heterocycles. The highest BCUT2D eigenvalue weighted by Gasteiger charge is 2.42. The largest absolute Gasteiger partial charge is 0.477 e. The van der Waals surface area contributed by atoms with Crippen LogP contribution in [-0.2, 0) is 26.8 Å². The molecule has 1 atom stereocenters. The third-order valence-electron chi connectivity index (χ3n) is 6.54. The first-order valence-corrected chi connectivity index (χ1v) is 15.6. The van der Waals surface area contributed by atoms with E-state index in [4.69, 9.17) is 51.1 Å². The maximum absolute atomic E-state index is 13.7. The summed E-state index contributed by atoms with van der Waals surface area (Å²) in [5.41, 5.74) is -2.30. The molecule has 4 rings (SSSR count). The monoisotopic (exact) mass is 774 g/mol. The molecule has 4 aromatic rings. The van der Waals surface area contributed by atoms with E-state index < -0.39 is 53.2 Å². The minimum atomic E-state index is -4.85. The third-order valence-corrected chi connectivity index (χ3v) is 7.83. The molecule has 0 aliphatic rings. The number of halogens is 10. The van der Waals surface area contributed by atoms with Gasteiger partial charge in [0, 0.05) is 42.4 Å². The molecule has 19 heteroatoms. The van der Waals surface area contributed by atoms with E-state index in [0.717, 1.165) is 15.4 Å². The van der Waals surface area contributed by atoms with Gasteiger partial charge in [-0.15, -0.1) is 0 Å². The van der Waals surface area contributed by atoms with Crippen molar-refractivity contribution in [2.24, 2.45) is 14.1 Å². The van der Waals surface area contributed by atoms with Gasteiger partial charge in [-0.2, -0.15) is 23.4 Å². The Bertz CT molecular complexity index is 1820. The molecule has 0 radical (unpaired) electrons. The van der Waals surface area contributed by atoms with Gasteiger partial charge in [0.2, 0.25) is 5.88 Å². The van der Waals surface area contributed by atoms with E-state index in [1.165, 1.54) is 44.6 Å². The number of benzene rings is 2. The van der Waals surface area contributed by atoms with E-state index in [1.54, 1.807) is 13.8 Å². The molecule has 2 N–H and O–H groups in total. The Labute approximate surface area is 296 Å². The van der Waals surface area contributed by atoms with Gasteiger partial charge >= 0.3 is 6.18 Å². The Morgan fingerprint density at radius 2 is 1.63 bits per heavy atom. The number of carbonyl (C=O) groups is 2. The quantitative estimate of drug-likeness (QED) is 0.124. The SMILES string of the molecule is CC(NC(=O)c1cn(C)nc1C(F)F)c1cc(Cl)c(Cl)cc1Cl.CCCOc1c(C(=O)NCc2cc(Cl)ccc2F)c(C(F)(F)F)nn1C. The van der Waals surface area contributed by atoms with Gasteiger partial charge in [-0.05, 0) is 49.2 Å². The van der Waals surface area contributed by atoms with E-state index in [-0.39, 0.29) is 45.2 Å². The summed E-state index contributed by atoms with van der Waals surface area (Å²) in [4.78, 5) is 24.6. The third kappa shape index (κ3) is 10.2. The molecule has 2 amide bonds. The number of rotatable bonds is 10. The van der Waals surface area contributed by atoms with Crippen molar-refractivity contribution in [1.82, 2.24) is 30.2 Å². The van der Waals surface area contributed by atoms with E-state index in [2.05, 4.69) is 20.8 Å². The Kier molecular flexibility index (Phi) is 13.7. The molecule has 2 aromatic carbocycles. The highest BCUT2D eigenvalue weighted by Crippen LogP contribution is 2.36. The maximum atomic E-state index is 13.7. The lowest BCUT2D eigenvalue weighted by molar-refractivity contribution is -0.141. The minimum Gasteiger partial charge on any atom is -0.477 e. The highest BCUT2D eigenvalue weighted by atomic mass is 35.5. The maximum Gasteiger partial charge on any atom is 0.436 e. The Morgan fingerprint density at radius 3 is 2.24 bits per heavy atom. The van der Waals surface area contributed by atoms with Gasteiger partial charge < -0.3 is 15.4 Å². The first kappa shape index (κ1) is 39.8. The van der Waals surface area contributed by atoms with Crippen LogP contribution in [0.25, 0.3) is 0 Å². The minimum absolute atomic E-state index is 0.0410. The van der Waals surface area contributed by atoms with Crippen LogP contribution >= 0.6 is 46.4 Å². The second-order valence-corrected chi connectivity index (χ2v) is 12.0. The number of alkyl halides is 5. The van der Waals surface area contributed by atoms with E-state index in [0.29, 0.717) is 17.0 Å². The van der Waals surface area contributed by atoms with Gasteiger partial charge in [-0.25, -0.2) is 17.9 Å². The molecule has 1 unspecified atom stereocenters. The zero-order valence-electron chi connectivity index (χ0n) is 26.0. The molecule has 0 aliphatic heterocycles. The average Bonchev–Trinajstić information content (AvgIpc) is 3.58. The molecule has 0 spiro atoms. The number of aryl methyl sites for hydroxylation is 2. The van der Waals surface area contributed by atoms with Crippen molar-refractivity contribution in [3.8, 4) is 5.88 Å². The molecular weight excluding hydrogens is 748 g/mol. The van der Waals surface area contributed by atoms with Crippen molar-refractivity contribution in [3.05, 3.63) is 96.1 Å². The molecular formula is C30H28Cl4F6N6O3. The number of amides is 2. The molecule has 9 nitrogen and oxygen atoms in total. The molecule has 2 aromatic heterocycles. The lowest BCUT2D eigenvalue weighted by atomic mass is 10.1. The zero-order valence-corrected chi connectivity index (χ0v) is 29.1. The number of ether oxygens (including phenoxy) is 1. The summed E-state index contributed by atoms with van der Waals surface area (Å²) < 4.78 is 86.5. The molecule has 0 bridgehead atoms. The molecule has 0 aliphatic carbocycles. The van der Waals surface area contributed by atoms with Gasteiger partial charge in [0.05, 0.1) is 28.3 Å². The van der Waals surface area contributed by atoms with Crippen LogP contribution in [0, 0.1) is 5.82 Å². The summed E-state index contributed by atoms with van der Waals surface area (Å²) in [6.07, 6.45) is -5.93. The van der Waals surface area contributed by atoms with Crippen LogP contribution in [0.5, 0.6) is 5.88 Å². The van der Waals surface area contributed by atoms with Gasteiger partial charge in [-0.3, -0.25) is 14.3 Å². The van der Waals surface area contributed by atoms with Crippen LogP contribution in [0.15, 0.2) is 36.5 Å². The van der Waals surface area contributed by atoms with E-state index in [1.807, 2.05) is 0 Å². The highest BCUT2D eigenvalue weighted by molar-refractivity contribution is 6.43. The smallest absolute Gasteiger partial charge is 0.436 e. The van der Waals surface area contributed by atoms with Crippen molar-refractivity contribution in [2.75, 3.05) is 6.61 Å². The van der Waals surface area contributed by atoms with Gasteiger partial charge in [0.25, 0.3) is 18.2 Å². The fourth-order valence-corrected chi connectivity index (χ4v) is 5.20. The topological polar surface area (TPSA) is 103 Å². The van der Waals surface area contributed by atoms with E-state index >= 15 is 0 Å². The number of carbonyl (C=O) groups excluding carboxylic acids is 2. The standard InChI is InChI=1S/C16H16ClF4N3O2.C14H12Cl3F2N3O/c1-3-6-26-15-12(13(16(19,20)21)23-24(15)2)14(25)22-8-9-7-10(17)4-5-11(9)18;1-6(7-3-10(16)11(17)4-9(7)15)20-14(23)8-5-22(2)21-12(8)13(18)19/h4-5,7H,3,6,8H2,1-2H3,(H,22,25);3-6,13H,1-2H3,(H,20,23). The fraction of sp³-hybridized carbons (Fsp3) is 0.333. The van der Waals surface area contributed by atoms with Crippen molar-refractivity contribution >= 4 is 58.2 Å². The summed E-state index contributed by atoms with van der Waals surface area (Å²) in [6, 6.07) is 6.12. The molecule has 0 saturated carbocycles. The predicted molar refractivity (Wildman–Crippen MR) is 172 cm³/mol. The Balaban J connectivity index is 0.000000267. The number of hydrogen-bond donors (Lipinski definition) is 2. The fourth-order valence-electron chi connectivity index (χ4n) is 4.28. The molecule has 49 heavy (non-hydrogen) atoms. The lowest BCUT2D eigenvalue weighted by Crippen LogP contribution is -2.27. The first-order chi connectivity index (χ1) is 22.8. The first-order valence-electron chi connectivity index (χ1n) is 14.1. The van der Waals surface area contributed by atoms with Crippen LogP contribution < -0.4 is 15.4 Å². The number of aromatic nitrogens is 4. The van der Waals surface area contributed by atoms with Crippen LogP contribution in [0.1, 0.15) is 76.0 Å². The predicted octanol–water partition coefficient (Wildman–Crippen LogP) is 8.76. The Hall–Kier alpha value is -3.66. The van der Waals surface area contributed by atoms with Gasteiger partial charge in [-0.1, -0.05) is 53.3 Å². The number of hydrogen-bond acceptors (Lipinski definition) is 5. The van der Waals surface area contributed by atoms with Crippen molar-refractivity contribution in [2.45, 2.75) is 45.5 Å². The number of nitrogens with one attached hydrogen (secondary N) is 2. The molecule has 0 saturated heterocycles. The number of nitrogens with zero attached hydrogens (tertiary/aromatic N) is 4. The van der Waals surface area contributed by atoms with Crippen molar-refractivity contribution in [1.29, 1.82) is 0 Å². The summed E-state index contributed by atoms with van der Waals surface area (Å²) in [5, 5.41) is 12.9. The van der Waals surface area contributed by atoms with Crippen LogP contribution in [0.4, 0.5) is 26.3 Å². The summed E-state index contributed by atoms with van der Waals surface area (Å²) >= 11 is 23.6. The van der Waals surface area contributed by atoms with Gasteiger partial charge in [0.15, 0.2) is 5.69 Å². The molecule has 0 fully saturated rings. The van der Waals surface area contributed by atoms with Crippen molar-refractivity contribution in [3.63, 3.8) is 0 Å².